The van der Waals surface area contributed by atoms with Gasteiger partial charge in [0.05, 0.1) is 0 Å². The van der Waals surface area contributed by atoms with Crippen molar-refractivity contribution in [3.63, 3.8) is 0 Å². The van der Waals surface area contributed by atoms with E-state index in [4.69, 9.17) is 5.11 Å². The van der Waals surface area contributed by atoms with Gasteiger partial charge in [-0.1, -0.05) is 0 Å². The summed E-state index contributed by atoms with van der Waals surface area (Å²) in [6.45, 7) is 1.97. The number of urea groups is 1. The van der Waals surface area contributed by atoms with Gasteiger partial charge in [-0.3, -0.25) is 0 Å². The van der Waals surface area contributed by atoms with E-state index in [2.05, 4.69) is 0 Å². The Morgan fingerprint density at radius 3 is 2.80 bits per heavy atom. The molecule has 114 valence electrons. The summed E-state index contributed by atoms with van der Waals surface area (Å²) in [6.07, 6.45) is 2.67. The van der Waals surface area contributed by atoms with Gasteiger partial charge < -0.3 is 20.0 Å². The summed E-state index contributed by atoms with van der Waals surface area (Å²) in [4.78, 5) is 27.1. The Morgan fingerprint density at radius 1 is 1.30 bits per heavy atom. The van der Waals surface area contributed by atoms with Gasteiger partial charge in [-0.15, -0.1) is 0 Å². The summed E-state index contributed by atoms with van der Waals surface area (Å²) < 4.78 is 0. The minimum atomic E-state index is -0.922. The third-order valence-electron chi connectivity index (χ3n) is 3.99. The summed E-state index contributed by atoms with van der Waals surface area (Å²) in [7, 11) is 0. The molecule has 0 aromatic rings. The lowest BCUT2D eigenvalue weighted by Crippen LogP contribution is -2.56. The Hall–Kier alpha value is -0.950. The van der Waals surface area contributed by atoms with Gasteiger partial charge >= 0.3 is 12.0 Å². The number of carbonyl (C=O) groups excluding carboxylic acids is 1. The molecule has 7 heteroatoms. The van der Waals surface area contributed by atoms with E-state index >= 15 is 0 Å². The number of carbonyl (C=O) groups is 2. The fraction of sp³-hybridized carbons (Fsp3) is 0.846. The first kappa shape index (κ1) is 15.4. The number of aliphatic hydroxyl groups excluding tert-OH is 1. The molecular formula is C13H22N2O4S. The fourth-order valence-corrected chi connectivity index (χ4v) is 3.91. The molecule has 20 heavy (non-hydrogen) atoms. The molecule has 2 aliphatic rings. The Labute approximate surface area is 123 Å². The van der Waals surface area contributed by atoms with Gasteiger partial charge in [0.1, 0.15) is 6.04 Å². The van der Waals surface area contributed by atoms with Crippen LogP contribution in [0.2, 0.25) is 0 Å². The maximum Gasteiger partial charge on any atom is 0.327 e. The third kappa shape index (κ3) is 3.58. The molecule has 0 aliphatic carbocycles. The van der Waals surface area contributed by atoms with Gasteiger partial charge in [-0.05, 0) is 25.2 Å². The second-order valence-corrected chi connectivity index (χ2v) is 6.52. The van der Waals surface area contributed by atoms with E-state index in [1.165, 1.54) is 4.90 Å². The molecule has 2 atom stereocenters. The number of amides is 2. The van der Waals surface area contributed by atoms with Gasteiger partial charge in [0.2, 0.25) is 0 Å². The minimum Gasteiger partial charge on any atom is -0.480 e. The van der Waals surface area contributed by atoms with Crippen molar-refractivity contribution < 1.29 is 19.8 Å². The largest absolute Gasteiger partial charge is 0.480 e. The lowest BCUT2D eigenvalue weighted by atomic mass is 9.95. The van der Waals surface area contributed by atoms with E-state index < -0.39 is 12.0 Å². The molecule has 2 rings (SSSR count). The monoisotopic (exact) mass is 302 g/mol. The zero-order valence-corrected chi connectivity index (χ0v) is 12.3. The third-order valence-corrected chi connectivity index (χ3v) is 5.01. The number of hydrogen-bond donors (Lipinski definition) is 2. The van der Waals surface area contributed by atoms with E-state index in [1.54, 1.807) is 16.7 Å². The molecule has 2 heterocycles. The van der Waals surface area contributed by atoms with Gasteiger partial charge in [-0.25, -0.2) is 9.59 Å². The Morgan fingerprint density at radius 2 is 2.10 bits per heavy atom. The second-order valence-electron chi connectivity index (χ2n) is 5.37. The molecule has 6 nitrogen and oxygen atoms in total. The average molecular weight is 302 g/mol. The molecule has 2 aliphatic heterocycles. The van der Waals surface area contributed by atoms with Crippen LogP contribution < -0.4 is 0 Å². The Bertz CT molecular complexity index is 364. The van der Waals surface area contributed by atoms with Crippen LogP contribution in [0, 0.1) is 5.92 Å². The molecule has 0 spiro atoms. The lowest BCUT2D eigenvalue weighted by molar-refractivity contribution is -0.141. The van der Waals surface area contributed by atoms with Gasteiger partial charge in [0, 0.05) is 37.7 Å². The SMILES string of the molecule is O=C(O)C1CSCCN1C(=O)N1CCCC(CCO)C1. The first-order valence-corrected chi connectivity index (χ1v) is 8.26. The summed E-state index contributed by atoms with van der Waals surface area (Å²) >= 11 is 1.58. The maximum absolute atomic E-state index is 12.5. The van der Waals surface area contributed by atoms with Crippen LogP contribution in [0.1, 0.15) is 19.3 Å². The quantitative estimate of drug-likeness (QED) is 0.802. The highest BCUT2D eigenvalue weighted by molar-refractivity contribution is 7.99. The zero-order chi connectivity index (χ0) is 14.5. The number of nitrogens with zero attached hydrogens (tertiary/aromatic N) is 2. The topological polar surface area (TPSA) is 81.1 Å². The fourth-order valence-electron chi connectivity index (χ4n) is 2.88. The minimum absolute atomic E-state index is 0.144. The van der Waals surface area contributed by atoms with Crippen LogP contribution in [-0.2, 0) is 4.79 Å². The molecule has 0 saturated carbocycles. The Balaban J connectivity index is 1.99. The average Bonchev–Trinajstić information content (AvgIpc) is 2.47. The summed E-state index contributed by atoms with van der Waals surface area (Å²) in [5.74, 6) is 0.674. The predicted molar refractivity (Wildman–Crippen MR) is 76.9 cm³/mol. The molecule has 2 N–H and O–H groups in total. The van der Waals surface area contributed by atoms with Gasteiger partial charge in [0.15, 0.2) is 0 Å². The first-order valence-electron chi connectivity index (χ1n) is 7.10. The Kier molecular flexibility index (Phi) is 5.54. The zero-order valence-electron chi connectivity index (χ0n) is 11.5. The number of thioether (sulfide) groups is 1. The van der Waals surface area contributed by atoms with Crippen molar-refractivity contribution in [3.05, 3.63) is 0 Å². The van der Waals surface area contributed by atoms with Crippen LogP contribution in [-0.4, -0.2) is 75.8 Å². The molecule has 2 fully saturated rings. The first-order chi connectivity index (χ1) is 9.63. The summed E-state index contributed by atoms with van der Waals surface area (Å²) in [6, 6.07) is -0.861. The van der Waals surface area contributed by atoms with Crippen molar-refractivity contribution in [2.75, 3.05) is 37.7 Å². The van der Waals surface area contributed by atoms with E-state index in [0.717, 1.165) is 18.6 Å². The van der Waals surface area contributed by atoms with Crippen molar-refractivity contribution in [2.45, 2.75) is 25.3 Å². The normalized spacial score (nSPS) is 27.4. The molecular weight excluding hydrogens is 280 g/mol. The molecule has 0 radical (unpaired) electrons. The number of aliphatic carboxylic acids is 1. The van der Waals surface area contributed by atoms with E-state index in [0.29, 0.717) is 37.7 Å². The number of piperidine rings is 1. The number of aliphatic hydroxyl groups is 1. The van der Waals surface area contributed by atoms with Crippen molar-refractivity contribution in [1.29, 1.82) is 0 Å². The van der Waals surface area contributed by atoms with Crippen LogP contribution in [0.3, 0.4) is 0 Å². The highest BCUT2D eigenvalue weighted by Crippen LogP contribution is 2.23. The van der Waals surface area contributed by atoms with Gasteiger partial charge in [0.25, 0.3) is 0 Å². The smallest absolute Gasteiger partial charge is 0.327 e. The van der Waals surface area contributed by atoms with Crippen LogP contribution in [0.5, 0.6) is 0 Å². The van der Waals surface area contributed by atoms with Crippen molar-refractivity contribution in [3.8, 4) is 0 Å². The summed E-state index contributed by atoms with van der Waals surface area (Å²) in [5, 5.41) is 18.2. The van der Waals surface area contributed by atoms with E-state index in [9.17, 15) is 14.7 Å². The molecule has 2 amide bonds. The van der Waals surface area contributed by atoms with E-state index in [1.807, 2.05) is 0 Å². The lowest BCUT2D eigenvalue weighted by Gasteiger charge is -2.39. The van der Waals surface area contributed by atoms with Crippen molar-refractivity contribution in [1.82, 2.24) is 9.80 Å². The van der Waals surface area contributed by atoms with Crippen LogP contribution in [0.25, 0.3) is 0 Å². The standard InChI is InChI=1S/C13H22N2O4S/c16-6-3-10-2-1-4-14(8-10)13(19)15-5-7-20-9-11(15)12(17)18/h10-11,16H,1-9H2,(H,17,18). The number of rotatable bonds is 3. The number of carboxylic acids is 1. The highest BCUT2D eigenvalue weighted by Gasteiger charge is 2.36. The van der Waals surface area contributed by atoms with Gasteiger partial charge in [-0.2, -0.15) is 11.8 Å². The maximum atomic E-state index is 12.5. The molecule has 2 saturated heterocycles. The molecule has 0 aromatic carbocycles. The number of hydrogen-bond acceptors (Lipinski definition) is 4. The molecule has 2 unspecified atom stereocenters. The number of likely N-dealkylation sites (tertiary alicyclic amines) is 1. The highest BCUT2D eigenvalue weighted by atomic mass is 32.2. The summed E-state index contributed by atoms with van der Waals surface area (Å²) in [5.41, 5.74) is 0. The van der Waals surface area contributed by atoms with Crippen molar-refractivity contribution in [2.24, 2.45) is 5.92 Å². The van der Waals surface area contributed by atoms with E-state index in [-0.39, 0.29) is 12.6 Å². The molecule has 0 aromatic heterocycles. The second kappa shape index (κ2) is 7.17. The number of carboxylic acid groups (broad SMARTS) is 1. The molecule has 0 bridgehead atoms. The predicted octanol–water partition coefficient (Wildman–Crippen LogP) is 0.703. The van der Waals surface area contributed by atoms with Crippen LogP contribution in [0.15, 0.2) is 0 Å². The van der Waals surface area contributed by atoms with Crippen molar-refractivity contribution >= 4 is 23.8 Å². The van der Waals surface area contributed by atoms with Crippen LogP contribution >= 0.6 is 11.8 Å². The van der Waals surface area contributed by atoms with Crippen LogP contribution in [0.4, 0.5) is 4.79 Å².